The van der Waals surface area contributed by atoms with E-state index in [0.29, 0.717) is 11.3 Å². The van der Waals surface area contributed by atoms with Crippen molar-refractivity contribution >= 4 is 39.6 Å². The van der Waals surface area contributed by atoms with Crippen LogP contribution < -0.4 is 25.8 Å². The number of pyridine rings is 1. The van der Waals surface area contributed by atoms with Gasteiger partial charge in [0.05, 0.1) is 24.6 Å². The third kappa shape index (κ3) is 6.75. The van der Waals surface area contributed by atoms with Crippen LogP contribution in [0.2, 0.25) is 0 Å². The van der Waals surface area contributed by atoms with Crippen LogP contribution in [0.25, 0.3) is 16.8 Å². The van der Waals surface area contributed by atoms with Gasteiger partial charge in [-0.25, -0.2) is 23.9 Å². The minimum atomic E-state index is -5.00. The molecule has 0 saturated carbocycles. The molecule has 0 spiro atoms. The molecule has 5 rings (SSSR count). The molecule has 0 unspecified atom stereocenters. The van der Waals surface area contributed by atoms with Gasteiger partial charge in [-0.3, -0.25) is 14.9 Å². The largest absolute Gasteiger partial charge is 0.573 e. The Kier molecular flexibility index (Phi) is 8.39. The zero-order chi connectivity index (χ0) is 33.4. The first-order chi connectivity index (χ1) is 21.6. The van der Waals surface area contributed by atoms with E-state index in [4.69, 9.17) is 10.5 Å². The van der Waals surface area contributed by atoms with Crippen molar-refractivity contribution in [3.63, 3.8) is 0 Å². The van der Waals surface area contributed by atoms with Gasteiger partial charge in [0.15, 0.2) is 10.9 Å². The summed E-state index contributed by atoms with van der Waals surface area (Å²) < 4.78 is 103. The van der Waals surface area contributed by atoms with Crippen LogP contribution in [0.15, 0.2) is 49.1 Å². The molecule has 0 aliphatic heterocycles. The number of hydrogen-bond acceptors (Lipinski definition) is 10. The normalized spacial score (nSPS) is 11.8. The van der Waals surface area contributed by atoms with E-state index in [9.17, 15) is 40.3 Å². The standard InChI is InChI=1S/C26H17F7N8O4S/c1-44-23-14(5-12(8-36-23)17-6-15(25(28,29)30)19-20(34)38-10-39-41(17)19)21(42)40-24-37-9-18(46-24)22(43)35-7-11-4-13(2-3-16(11)27)45-26(31,32)33/h2-6,8-10H,7H2,1H3,(H,35,43)(H2,34,38,39)(H,37,40,42). The molecule has 4 heterocycles. The summed E-state index contributed by atoms with van der Waals surface area (Å²) in [5.74, 6) is -3.84. The van der Waals surface area contributed by atoms with Crippen molar-refractivity contribution in [1.29, 1.82) is 0 Å². The summed E-state index contributed by atoms with van der Waals surface area (Å²) >= 11 is 0.694. The van der Waals surface area contributed by atoms with Crippen LogP contribution in [-0.4, -0.2) is 49.9 Å². The molecule has 0 radical (unpaired) electrons. The number of fused-ring (bicyclic) bond motifs is 1. The topological polar surface area (TPSA) is 159 Å². The number of halogens is 7. The lowest BCUT2D eigenvalue weighted by atomic mass is 10.1. The van der Waals surface area contributed by atoms with Crippen molar-refractivity contribution in [1.82, 2.24) is 29.9 Å². The van der Waals surface area contributed by atoms with Crippen LogP contribution in [0.3, 0.4) is 0 Å². The summed E-state index contributed by atoms with van der Waals surface area (Å²) in [4.78, 5) is 37.3. The van der Waals surface area contributed by atoms with Gasteiger partial charge in [-0.1, -0.05) is 11.3 Å². The molecule has 2 amide bonds. The summed E-state index contributed by atoms with van der Waals surface area (Å²) in [6, 6.07) is 4.28. The highest BCUT2D eigenvalue weighted by Crippen LogP contribution is 2.39. The molecule has 5 aromatic rings. The summed E-state index contributed by atoms with van der Waals surface area (Å²) in [7, 11) is 1.21. The Morgan fingerprint density at radius 2 is 1.78 bits per heavy atom. The Labute approximate surface area is 256 Å². The van der Waals surface area contributed by atoms with Gasteiger partial charge in [0.25, 0.3) is 11.8 Å². The van der Waals surface area contributed by atoms with Crippen molar-refractivity contribution in [3.8, 4) is 22.9 Å². The van der Waals surface area contributed by atoms with Gasteiger partial charge < -0.3 is 20.5 Å². The van der Waals surface area contributed by atoms with Crippen molar-refractivity contribution in [2.45, 2.75) is 19.1 Å². The SMILES string of the molecule is COc1ncc(-c2cc(C(F)(F)F)c3c(N)ncnn23)cc1C(=O)Nc1ncc(C(=O)NCc2cc(OC(F)(F)F)ccc2F)s1. The van der Waals surface area contributed by atoms with Crippen molar-refractivity contribution in [2.75, 3.05) is 18.2 Å². The van der Waals surface area contributed by atoms with Crippen LogP contribution >= 0.6 is 11.3 Å². The van der Waals surface area contributed by atoms with E-state index >= 15 is 0 Å². The predicted octanol–water partition coefficient (Wildman–Crippen LogP) is 5.08. The van der Waals surface area contributed by atoms with Gasteiger partial charge >= 0.3 is 12.5 Å². The molecule has 0 saturated heterocycles. The van der Waals surface area contributed by atoms with Gasteiger partial charge in [0, 0.05) is 23.9 Å². The first-order valence-electron chi connectivity index (χ1n) is 12.5. The predicted molar refractivity (Wildman–Crippen MR) is 147 cm³/mol. The van der Waals surface area contributed by atoms with Gasteiger partial charge in [-0.05, 0) is 30.3 Å². The maximum absolute atomic E-state index is 14.1. The highest BCUT2D eigenvalue weighted by Gasteiger charge is 2.37. The van der Waals surface area contributed by atoms with E-state index in [-0.39, 0.29) is 38.3 Å². The maximum Gasteiger partial charge on any atom is 0.573 e. The molecule has 0 aliphatic rings. The molecule has 46 heavy (non-hydrogen) atoms. The molecule has 4 N–H and O–H groups in total. The number of aromatic nitrogens is 5. The van der Waals surface area contributed by atoms with Crippen LogP contribution in [0.4, 0.5) is 41.7 Å². The number of carbonyl (C=O) groups is 2. The highest BCUT2D eigenvalue weighted by atomic mass is 32.1. The van der Waals surface area contributed by atoms with Crippen molar-refractivity contribution < 1.29 is 49.8 Å². The van der Waals surface area contributed by atoms with E-state index in [2.05, 4.69) is 35.4 Å². The second-order valence-electron chi connectivity index (χ2n) is 9.10. The molecule has 240 valence electrons. The van der Waals surface area contributed by atoms with E-state index in [1.807, 2.05) is 0 Å². The number of amides is 2. The monoisotopic (exact) mass is 670 g/mol. The molecule has 0 bridgehead atoms. The van der Waals surface area contributed by atoms with Gasteiger partial charge in [-0.2, -0.15) is 18.3 Å². The molecule has 4 aromatic heterocycles. The smallest absolute Gasteiger partial charge is 0.480 e. The average Bonchev–Trinajstić information content (AvgIpc) is 3.62. The van der Waals surface area contributed by atoms with E-state index in [0.717, 1.165) is 47.5 Å². The lowest BCUT2D eigenvalue weighted by Crippen LogP contribution is -2.23. The number of nitrogens with one attached hydrogen (secondary N) is 2. The number of alkyl halides is 6. The quantitative estimate of drug-likeness (QED) is 0.192. The number of carbonyl (C=O) groups excluding carboxylic acids is 2. The molecule has 0 fully saturated rings. The molecule has 12 nitrogen and oxygen atoms in total. The summed E-state index contributed by atoms with van der Waals surface area (Å²) in [6.45, 7) is -0.504. The Hall–Kier alpha value is -5.53. The first-order valence-corrected chi connectivity index (χ1v) is 13.3. The number of benzene rings is 1. The van der Waals surface area contributed by atoms with Crippen molar-refractivity contribution in [2.24, 2.45) is 0 Å². The summed E-state index contributed by atoms with van der Waals surface area (Å²) in [5, 5.41) is 8.52. The van der Waals surface area contributed by atoms with E-state index in [1.54, 1.807) is 0 Å². The Morgan fingerprint density at radius 3 is 2.48 bits per heavy atom. The minimum Gasteiger partial charge on any atom is -0.480 e. The number of nitrogen functional groups attached to an aromatic ring is 1. The van der Waals surface area contributed by atoms with E-state index < -0.39 is 59.4 Å². The van der Waals surface area contributed by atoms with Crippen LogP contribution in [0.5, 0.6) is 11.6 Å². The van der Waals surface area contributed by atoms with Crippen LogP contribution in [0, 0.1) is 5.82 Å². The highest BCUT2D eigenvalue weighted by molar-refractivity contribution is 7.17. The Bertz CT molecular complexity index is 1960. The summed E-state index contributed by atoms with van der Waals surface area (Å²) in [6.07, 6.45) is -6.61. The third-order valence-electron chi connectivity index (χ3n) is 6.11. The van der Waals surface area contributed by atoms with Gasteiger partial charge in [-0.15, -0.1) is 13.2 Å². The van der Waals surface area contributed by atoms with Crippen molar-refractivity contribution in [3.05, 3.63) is 76.4 Å². The number of anilines is 2. The first kappa shape index (κ1) is 31.9. The number of nitrogens with zero attached hydrogens (tertiary/aromatic N) is 5. The molecule has 0 atom stereocenters. The maximum atomic E-state index is 14.1. The fourth-order valence-electron chi connectivity index (χ4n) is 4.15. The number of thiazole rings is 1. The number of ether oxygens (including phenoxy) is 2. The molecular weight excluding hydrogens is 653 g/mol. The Balaban J connectivity index is 1.34. The second kappa shape index (κ2) is 12.1. The molecular formula is C26H17F7N8O4S. The van der Waals surface area contributed by atoms with Crippen LogP contribution in [-0.2, 0) is 12.7 Å². The van der Waals surface area contributed by atoms with E-state index in [1.165, 1.54) is 13.2 Å². The summed E-state index contributed by atoms with van der Waals surface area (Å²) in [5.41, 5.74) is 3.50. The number of hydrogen-bond donors (Lipinski definition) is 3. The number of nitrogens with two attached hydrogens (primary N) is 1. The zero-order valence-corrected chi connectivity index (χ0v) is 23.6. The molecule has 1 aromatic carbocycles. The number of methoxy groups -OCH3 is 1. The third-order valence-corrected chi connectivity index (χ3v) is 7.02. The van der Waals surface area contributed by atoms with Crippen LogP contribution in [0.1, 0.15) is 31.2 Å². The van der Waals surface area contributed by atoms with Gasteiger partial charge in [0.1, 0.15) is 33.9 Å². The number of rotatable bonds is 8. The Morgan fingerprint density at radius 1 is 1.02 bits per heavy atom. The fourth-order valence-corrected chi connectivity index (χ4v) is 4.88. The lowest BCUT2D eigenvalue weighted by Gasteiger charge is -2.11. The second-order valence-corrected chi connectivity index (χ2v) is 10.1. The molecule has 20 heteroatoms. The molecule has 0 aliphatic carbocycles. The zero-order valence-electron chi connectivity index (χ0n) is 22.8. The fraction of sp³-hybridized carbons (Fsp3) is 0.154. The average molecular weight is 671 g/mol. The lowest BCUT2D eigenvalue weighted by molar-refractivity contribution is -0.274. The van der Waals surface area contributed by atoms with Gasteiger partial charge in [0.2, 0.25) is 5.88 Å². The minimum absolute atomic E-state index is 0.0330.